The fraction of sp³-hybridized carbons (Fsp3) is 0.0833. The van der Waals surface area contributed by atoms with Crippen molar-refractivity contribution >= 4 is 28.1 Å². The summed E-state index contributed by atoms with van der Waals surface area (Å²) in [7, 11) is 0. The lowest BCUT2D eigenvalue weighted by molar-refractivity contribution is 1.16. The summed E-state index contributed by atoms with van der Waals surface area (Å²) < 4.78 is 0. The number of nitrogens with zero attached hydrogens (tertiary/aromatic N) is 3. The van der Waals surface area contributed by atoms with Crippen LogP contribution in [0.2, 0.25) is 0 Å². The minimum atomic E-state index is 0.589. The Balaban J connectivity index is 2.25. The van der Waals surface area contributed by atoms with Gasteiger partial charge in [0.15, 0.2) is 11.6 Å². The highest BCUT2D eigenvalue weighted by atomic mass is 32.1. The van der Waals surface area contributed by atoms with E-state index >= 15 is 0 Å². The average Bonchev–Trinajstić information content (AvgIpc) is 2.84. The van der Waals surface area contributed by atoms with Crippen molar-refractivity contribution in [3.05, 3.63) is 34.7 Å². The number of nitrogens with two attached hydrogens (primary N) is 1. The molecular weight excluding hydrogens is 246 g/mol. The molecule has 0 spiro atoms. The van der Waals surface area contributed by atoms with Gasteiger partial charge in [0.1, 0.15) is 5.69 Å². The van der Waals surface area contributed by atoms with Gasteiger partial charge >= 0.3 is 0 Å². The van der Waals surface area contributed by atoms with E-state index in [1.54, 1.807) is 11.3 Å². The van der Waals surface area contributed by atoms with Gasteiger partial charge in [-0.15, -0.1) is 11.3 Å². The van der Waals surface area contributed by atoms with Gasteiger partial charge in [0.05, 0.1) is 10.5 Å². The van der Waals surface area contributed by atoms with Crippen molar-refractivity contribution in [2.24, 2.45) is 5.84 Å². The predicted octanol–water partition coefficient (Wildman–Crippen LogP) is 2.35. The largest absolute Gasteiger partial charge is 0.308 e. The van der Waals surface area contributed by atoms with E-state index in [1.165, 1.54) is 0 Å². The van der Waals surface area contributed by atoms with Crippen molar-refractivity contribution in [1.29, 1.82) is 0 Å². The summed E-state index contributed by atoms with van der Waals surface area (Å²) in [5, 5.41) is 3.83. The number of hydrogen-bond acceptors (Lipinski definition) is 6. The van der Waals surface area contributed by atoms with Crippen LogP contribution in [0.25, 0.3) is 22.4 Å². The molecule has 0 fully saturated rings. The second-order valence-corrected chi connectivity index (χ2v) is 4.87. The number of para-hydroxylation sites is 1. The van der Waals surface area contributed by atoms with Crippen LogP contribution in [0, 0.1) is 6.92 Å². The second-order valence-electron chi connectivity index (χ2n) is 3.81. The molecule has 1 aromatic carbocycles. The molecule has 0 saturated carbocycles. The Morgan fingerprint density at radius 3 is 2.72 bits per heavy atom. The second kappa shape index (κ2) is 4.32. The number of aromatic nitrogens is 3. The third-order valence-corrected chi connectivity index (χ3v) is 3.36. The molecule has 0 aliphatic rings. The Bertz CT molecular complexity index is 707. The lowest BCUT2D eigenvalue weighted by Crippen LogP contribution is -2.10. The van der Waals surface area contributed by atoms with E-state index in [1.807, 2.05) is 36.6 Å². The first kappa shape index (κ1) is 11.1. The SMILES string of the molecule is Cc1nc(-c2nc(NN)c3ccccc3n2)cs1. The Morgan fingerprint density at radius 1 is 1.17 bits per heavy atom. The van der Waals surface area contributed by atoms with Crippen LogP contribution in [0.4, 0.5) is 5.82 Å². The molecule has 0 saturated heterocycles. The van der Waals surface area contributed by atoms with Crippen LogP contribution in [-0.4, -0.2) is 15.0 Å². The molecule has 2 heterocycles. The van der Waals surface area contributed by atoms with Gasteiger partial charge in [-0.3, -0.25) is 0 Å². The van der Waals surface area contributed by atoms with Crippen LogP contribution in [0.5, 0.6) is 0 Å². The van der Waals surface area contributed by atoms with E-state index in [0.29, 0.717) is 11.6 Å². The van der Waals surface area contributed by atoms with Gasteiger partial charge in [-0.05, 0) is 19.1 Å². The maximum absolute atomic E-state index is 5.51. The summed E-state index contributed by atoms with van der Waals surface area (Å²) in [6.45, 7) is 1.96. The molecule has 0 aliphatic heterocycles. The maximum atomic E-state index is 5.51. The van der Waals surface area contributed by atoms with E-state index in [-0.39, 0.29) is 0 Å². The van der Waals surface area contributed by atoms with Crippen molar-refractivity contribution in [3.63, 3.8) is 0 Å². The van der Waals surface area contributed by atoms with Gasteiger partial charge in [0.2, 0.25) is 0 Å². The van der Waals surface area contributed by atoms with Crippen molar-refractivity contribution in [3.8, 4) is 11.5 Å². The van der Waals surface area contributed by atoms with Crippen LogP contribution in [0.15, 0.2) is 29.6 Å². The van der Waals surface area contributed by atoms with E-state index in [0.717, 1.165) is 21.6 Å². The fourth-order valence-corrected chi connectivity index (χ4v) is 2.36. The molecule has 2 aromatic heterocycles. The van der Waals surface area contributed by atoms with Crippen molar-refractivity contribution in [1.82, 2.24) is 15.0 Å². The minimum absolute atomic E-state index is 0.589. The number of nitrogen functional groups attached to an aromatic ring is 1. The topological polar surface area (TPSA) is 76.7 Å². The third-order valence-electron chi connectivity index (χ3n) is 2.59. The summed E-state index contributed by atoms with van der Waals surface area (Å²) in [6, 6.07) is 7.73. The van der Waals surface area contributed by atoms with Gasteiger partial charge in [-0.1, -0.05) is 12.1 Å². The molecule has 0 bridgehead atoms. The number of hydrazine groups is 1. The average molecular weight is 257 g/mol. The number of thiazole rings is 1. The molecule has 3 rings (SSSR count). The van der Waals surface area contributed by atoms with Crippen LogP contribution in [0.1, 0.15) is 5.01 Å². The summed E-state index contributed by atoms with van der Waals surface area (Å²) in [6.07, 6.45) is 0. The van der Waals surface area contributed by atoms with E-state index in [4.69, 9.17) is 5.84 Å². The van der Waals surface area contributed by atoms with E-state index < -0.39 is 0 Å². The Labute approximate surface area is 108 Å². The first-order chi connectivity index (χ1) is 8.78. The normalized spacial score (nSPS) is 10.8. The molecule has 3 N–H and O–H groups in total. The van der Waals surface area contributed by atoms with Crippen molar-refractivity contribution in [2.45, 2.75) is 6.92 Å². The zero-order valence-electron chi connectivity index (χ0n) is 9.71. The molecule has 0 unspecified atom stereocenters. The number of hydrogen-bond donors (Lipinski definition) is 2. The van der Waals surface area contributed by atoms with Gasteiger partial charge in [-0.25, -0.2) is 20.8 Å². The smallest absolute Gasteiger partial charge is 0.181 e. The summed E-state index contributed by atoms with van der Waals surface area (Å²) in [5.74, 6) is 6.71. The first-order valence-electron chi connectivity index (χ1n) is 5.44. The van der Waals surface area contributed by atoms with Gasteiger partial charge in [-0.2, -0.15) is 0 Å². The monoisotopic (exact) mass is 257 g/mol. The zero-order chi connectivity index (χ0) is 12.5. The third kappa shape index (κ3) is 1.81. The van der Waals surface area contributed by atoms with Crippen molar-refractivity contribution in [2.75, 3.05) is 5.43 Å². The van der Waals surface area contributed by atoms with Crippen LogP contribution >= 0.6 is 11.3 Å². The number of anilines is 1. The number of rotatable bonds is 2. The van der Waals surface area contributed by atoms with Gasteiger partial charge < -0.3 is 5.43 Å². The maximum Gasteiger partial charge on any atom is 0.181 e. The summed E-state index contributed by atoms with van der Waals surface area (Å²) in [4.78, 5) is 13.3. The summed E-state index contributed by atoms with van der Waals surface area (Å²) >= 11 is 1.58. The predicted molar refractivity (Wildman–Crippen MR) is 73.2 cm³/mol. The first-order valence-corrected chi connectivity index (χ1v) is 6.32. The fourth-order valence-electron chi connectivity index (χ4n) is 1.77. The summed E-state index contributed by atoms with van der Waals surface area (Å²) in [5.41, 5.74) is 4.24. The van der Waals surface area contributed by atoms with Crippen LogP contribution in [-0.2, 0) is 0 Å². The molecule has 18 heavy (non-hydrogen) atoms. The zero-order valence-corrected chi connectivity index (χ0v) is 10.5. The molecular formula is C12H11N5S. The minimum Gasteiger partial charge on any atom is -0.308 e. The van der Waals surface area contributed by atoms with E-state index in [9.17, 15) is 0 Å². The van der Waals surface area contributed by atoms with Gasteiger partial charge in [0, 0.05) is 10.8 Å². The van der Waals surface area contributed by atoms with Crippen LogP contribution < -0.4 is 11.3 Å². The molecule has 0 atom stereocenters. The lowest BCUT2D eigenvalue weighted by Gasteiger charge is -2.06. The molecule has 0 aliphatic carbocycles. The number of fused-ring (bicyclic) bond motifs is 1. The molecule has 3 aromatic rings. The van der Waals surface area contributed by atoms with Crippen molar-refractivity contribution < 1.29 is 0 Å². The molecule has 6 heteroatoms. The van der Waals surface area contributed by atoms with Gasteiger partial charge in [0.25, 0.3) is 0 Å². The quantitative estimate of drug-likeness (QED) is 0.544. The number of nitrogens with one attached hydrogen (secondary N) is 1. The Morgan fingerprint density at radius 2 is 2.00 bits per heavy atom. The Hall–Kier alpha value is -2.05. The standard InChI is InChI=1S/C12H11N5S/c1-7-14-10(6-18-7)12-15-9-5-3-2-4-8(9)11(16-12)17-13/h2-6H,13H2,1H3,(H,15,16,17). The molecule has 0 amide bonds. The molecule has 90 valence electrons. The highest BCUT2D eigenvalue weighted by Crippen LogP contribution is 2.24. The molecule has 5 nitrogen and oxygen atoms in total. The highest BCUT2D eigenvalue weighted by Gasteiger charge is 2.10. The van der Waals surface area contributed by atoms with E-state index in [2.05, 4.69) is 20.4 Å². The molecule has 0 radical (unpaired) electrons. The lowest BCUT2D eigenvalue weighted by atomic mass is 10.2. The Kier molecular flexibility index (Phi) is 2.66. The van der Waals surface area contributed by atoms with Crippen LogP contribution in [0.3, 0.4) is 0 Å². The number of benzene rings is 1. The highest BCUT2D eigenvalue weighted by molar-refractivity contribution is 7.09. The number of aryl methyl sites for hydroxylation is 1.